The molecule has 1 heterocycles. The summed E-state index contributed by atoms with van der Waals surface area (Å²) in [5, 5.41) is 8.27. The standard InChI is InChI=1S/C12H16N4O3/c1-2-14-11(17)5-15-8-4-9-10(3-7(8)13)19-6-12(18)16-9/h3-4,15H,2,5-6,13H2,1H3,(H,14,17)(H,16,18). The third kappa shape index (κ3) is 3.06. The first-order chi connectivity index (χ1) is 9.10. The average molecular weight is 264 g/mol. The first-order valence-electron chi connectivity index (χ1n) is 5.97. The van der Waals surface area contributed by atoms with Gasteiger partial charge in [0.25, 0.3) is 5.91 Å². The van der Waals surface area contributed by atoms with Crippen LogP contribution >= 0.6 is 0 Å². The summed E-state index contributed by atoms with van der Waals surface area (Å²) in [6, 6.07) is 3.27. The summed E-state index contributed by atoms with van der Waals surface area (Å²) in [6.07, 6.45) is 0. The van der Waals surface area contributed by atoms with E-state index in [-0.39, 0.29) is 25.0 Å². The molecule has 0 aromatic heterocycles. The first-order valence-corrected chi connectivity index (χ1v) is 5.97. The maximum Gasteiger partial charge on any atom is 0.262 e. The highest BCUT2D eigenvalue weighted by Crippen LogP contribution is 2.34. The zero-order valence-corrected chi connectivity index (χ0v) is 10.6. The van der Waals surface area contributed by atoms with Crippen LogP contribution in [0.2, 0.25) is 0 Å². The average Bonchev–Trinajstić information content (AvgIpc) is 2.37. The Morgan fingerprint density at radius 2 is 2.32 bits per heavy atom. The van der Waals surface area contributed by atoms with Crippen molar-refractivity contribution in [2.24, 2.45) is 0 Å². The topological polar surface area (TPSA) is 105 Å². The predicted octanol–water partition coefficient (Wildman–Crippen LogP) is 0.148. The molecule has 0 aliphatic carbocycles. The molecule has 5 N–H and O–H groups in total. The minimum atomic E-state index is -0.216. The van der Waals surface area contributed by atoms with Crippen molar-refractivity contribution in [3.8, 4) is 5.75 Å². The normalized spacial score (nSPS) is 13.0. The van der Waals surface area contributed by atoms with Gasteiger partial charge in [0, 0.05) is 12.6 Å². The van der Waals surface area contributed by atoms with E-state index in [9.17, 15) is 9.59 Å². The summed E-state index contributed by atoms with van der Waals surface area (Å²) in [5.41, 5.74) is 7.43. The van der Waals surface area contributed by atoms with E-state index < -0.39 is 0 Å². The van der Waals surface area contributed by atoms with Crippen molar-refractivity contribution in [2.75, 3.05) is 36.1 Å². The van der Waals surface area contributed by atoms with Crippen LogP contribution < -0.4 is 26.4 Å². The van der Waals surface area contributed by atoms with Crippen LogP contribution in [0, 0.1) is 0 Å². The predicted molar refractivity (Wildman–Crippen MR) is 72.2 cm³/mol. The Balaban J connectivity index is 2.11. The summed E-state index contributed by atoms with van der Waals surface area (Å²) in [5.74, 6) is 0.188. The molecule has 19 heavy (non-hydrogen) atoms. The lowest BCUT2D eigenvalue weighted by Crippen LogP contribution is -2.30. The summed E-state index contributed by atoms with van der Waals surface area (Å²) in [4.78, 5) is 22.6. The number of ether oxygens (including phenoxy) is 1. The fourth-order valence-electron chi connectivity index (χ4n) is 1.73. The zero-order chi connectivity index (χ0) is 13.8. The van der Waals surface area contributed by atoms with Gasteiger partial charge in [-0.25, -0.2) is 0 Å². The van der Waals surface area contributed by atoms with E-state index in [1.165, 1.54) is 0 Å². The van der Waals surface area contributed by atoms with Gasteiger partial charge in [-0.3, -0.25) is 9.59 Å². The van der Waals surface area contributed by atoms with Crippen molar-refractivity contribution in [1.82, 2.24) is 5.32 Å². The molecule has 7 heteroatoms. The number of nitrogens with one attached hydrogen (secondary N) is 3. The second-order valence-corrected chi connectivity index (χ2v) is 4.08. The number of nitrogens with two attached hydrogens (primary N) is 1. The van der Waals surface area contributed by atoms with Crippen molar-refractivity contribution in [2.45, 2.75) is 6.92 Å². The SMILES string of the molecule is CCNC(=O)CNc1cc2c(cc1N)OCC(=O)N2. The van der Waals surface area contributed by atoms with E-state index in [4.69, 9.17) is 10.5 Å². The number of nitrogen functional groups attached to an aromatic ring is 1. The van der Waals surface area contributed by atoms with Gasteiger partial charge in [-0.05, 0) is 13.0 Å². The molecule has 2 rings (SSSR count). The molecule has 0 spiro atoms. The van der Waals surface area contributed by atoms with Gasteiger partial charge in [0.2, 0.25) is 5.91 Å². The Hall–Kier alpha value is -2.44. The largest absolute Gasteiger partial charge is 0.482 e. The third-order valence-corrected chi connectivity index (χ3v) is 2.60. The maximum absolute atomic E-state index is 11.4. The Bertz CT molecular complexity index is 516. The Morgan fingerprint density at radius 3 is 3.05 bits per heavy atom. The monoisotopic (exact) mass is 264 g/mol. The van der Waals surface area contributed by atoms with Gasteiger partial charge in [-0.2, -0.15) is 0 Å². The second-order valence-electron chi connectivity index (χ2n) is 4.08. The number of hydrogen-bond acceptors (Lipinski definition) is 5. The fraction of sp³-hybridized carbons (Fsp3) is 0.333. The number of rotatable bonds is 4. The van der Waals surface area contributed by atoms with Crippen LogP contribution in [0.1, 0.15) is 6.92 Å². The molecule has 1 aromatic rings. The van der Waals surface area contributed by atoms with Crippen molar-refractivity contribution < 1.29 is 14.3 Å². The molecule has 0 bridgehead atoms. The summed E-state index contributed by atoms with van der Waals surface area (Å²) in [7, 11) is 0. The molecule has 0 unspecified atom stereocenters. The van der Waals surface area contributed by atoms with Gasteiger partial charge < -0.3 is 26.4 Å². The molecule has 7 nitrogen and oxygen atoms in total. The summed E-state index contributed by atoms with van der Waals surface area (Å²) < 4.78 is 5.24. The smallest absolute Gasteiger partial charge is 0.262 e. The van der Waals surface area contributed by atoms with Crippen molar-refractivity contribution in [3.05, 3.63) is 12.1 Å². The molecule has 0 saturated heterocycles. The van der Waals surface area contributed by atoms with Crippen LogP contribution in [0.25, 0.3) is 0 Å². The van der Waals surface area contributed by atoms with E-state index in [0.29, 0.717) is 29.4 Å². The van der Waals surface area contributed by atoms with E-state index in [1.807, 2.05) is 6.92 Å². The van der Waals surface area contributed by atoms with Crippen LogP contribution in [-0.4, -0.2) is 31.5 Å². The van der Waals surface area contributed by atoms with E-state index in [0.717, 1.165) is 0 Å². The second kappa shape index (κ2) is 5.47. The Morgan fingerprint density at radius 1 is 1.53 bits per heavy atom. The first kappa shape index (κ1) is 13.0. The number of benzene rings is 1. The molecule has 1 aliphatic rings. The van der Waals surface area contributed by atoms with Crippen LogP contribution in [0.4, 0.5) is 17.1 Å². The van der Waals surface area contributed by atoms with E-state index >= 15 is 0 Å². The van der Waals surface area contributed by atoms with Gasteiger partial charge in [-0.15, -0.1) is 0 Å². The molecule has 0 fully saturated rings. The van der Waals surface area contributed by atoms with Gasteiger partial charge in [-0.1, -0.05) is 0 Å². The molecule has 0 saturated carbocycles. The van der Waals surface area contributed by atoms with Crippen LogP contribution in [0.5, 0.6) is 5.75 Å². The molecule has 1 aliphatic heterocycles. The quantitative estimate of drug-likeness (QED) is 0.579. The molecule has 0 radical (unpaired) electrons. The number of fused-ring (bicyclic) bond motifs is 1. The Labute approximate surface area is 110 Å². The highest BCUT2D eigenvalue weighted by molar-refractivity contribution is 5.97. The number of amides is 2. The summed E-state index contributed by atoms with van der Waals surface area (Å²) in [6.45, 7) is 2.52. The zero-order valence-electron chi connectivity index (χ0n) is 10.6. The van der Waals surface area contributed by atoms with Crippen molar-refractivity contribution >= 4 is 28.9 Å². The lowest BCUT2D eigenvalue weighted by Gasteiger charge is -2.20. The molecular formula is C12H16N4O3. The van der Waals surface area contributed by atoms with Crippen molar-refractivity contribution in [1.29, 1.82) is 0 Å². The van der Waals surface area contributed by atoms with E-state index in [1.54, 1.807) is 12.1 Å². The van der Waals surface area contributed by atoms with Crippen LogP contribution in [0.3, 0.4) is 0 Å². The maximum atomic E-state index is 11.4. The minimum absolute atomic E-state index is 0.0158. The third-order valence-electron chi connectivity index (χ3n) is 2.60. The molecule has 2 amide bonds. The minimum Gasteiger partial charge on any atom is -0.482 e. The Kier molecular flexibility index (Phi) is 3.74. The number of carbonyl (C=O) groups excluding carboxylic acids is 2. The number of anilines is 3. The fourth-order valence-corrected chi connectivity index (χ4v) is 1.73. The van der Waals surface area contributed by atoms with E-state index in [2.05, 4.69) is 16.0 Å². The highest BCUT2D eigenvalue weighted by atomic mass is 16.5. The lowest BCUT2D eigenvalue weighted by molar-refractivity contribution is -0.119. The summed E-state index contributed by atoms with van der Waals surface area (Å²) >= 11 is 0. The van der Waals surface area contributed by atoms with Gasteiger partial charge >= 0.3 is 0 Å². The number of hydrogen-bond donors (Lipinski definition) is 4. The molecule has 102 valence electrons. The van der Waals surface area contributed by atoms with Crippen LogP contribution in [0.15, 0.2) is 12.1 Å². The number of likely N-dealkylation sites (N-methyl/N-ethyl adjacent to an activating group) is 1. The van der Waals surface area contributed by atoms with Gasteiger partial charge in [0.05, 0.1) is 23.6 Å². The molecular weight excluding hydrogens is 248 g/mol. The number of carbonyl (C=O) groups is 2. The van der Waals surface area contributed by atoms with Gasteiger partial charge in [0.1, 0.15) is 5.75 Å². The van der Waals surface area contributed by atoms with Crippen LogP contribution in [-0.2, 0) is 9.59 Å². The highest BCUT2D eigenvalue weighted by Gasteiger charge is 2.18. The molecule has 0 atom stereocenters. The molecule has 1 aromatic carbocycles. The van der Waals surface area contributed by atoms with Gasteiger partial charge in [0.15, 0.2) is 6.61 Å². The van der Waals surface area contributed by atoms with Crippen molar-refractivity contribution in [3.63, 3.8) is 0 Å². The lowest BCUT2D eigenvalue weighted by atomic mass is 10.2.